The Hall–Kier alpha value is -2.25. The van der Waals surface area contributed by atoms with E-state index in [4.69, 9.17) is 16.0 Å². The van der Waals surface area contributed by atoms with Crippen molar-refractivity contribution in [3.05, 3.63) is 47.2 Å². The first-order valence-electron chi connectivity index (χ1n) is 7.12. The van der Waals surface area contributed by atoms with Crippen molar-refractivity contribution in [3.8, 4) is 11.3 Å². The summed E-state index contributed by atoms with van der Waals surface area (Å²) in [5.41, 5.74) is 0.842. The van der Waals surface area contributed by atoms with E-state index in [-0.39, 0.29) is 11.8 Å². The zero-order valence-electron chi connectivity index (χ0n) is 12.9. The molecule has 124 valence electrons. The number of nitrogens with zero attached hydrogens (tertiary/aromatic N) is 2. The Kier molecular flexibility index (Phi) is 4.64. The van der Waals surface area contributed by atoms with Gasteiger partial charge in [0.05, 0.1) is 0 Å². The van der Waals surface area contributed by atoms with Crippen LogP contribution in [0.3, 0.4) is 0 Å². The third kappa shape index (κ3) is 3.47. The van der Waals surface area contributed by atoms with Crippen LogP contribution in [-0.2, 0) is 9.59 Å². The highest BCUT2D eigenvalue weighted by atomic mass is 35.5. The molecule has 1 aliphatic rings. The van der Waals surface area contributed by atoms with E-state index < -0.39 is 5.37 Å². The normalized spacial score (nSPS) is 16.9. The molecule has 1 atom stereocenters. The molecule has 0 aliphatic carbocycles. The van der Waals surface area contributed by atoms with Crippen LogP contribution in [0.2, 0.25) is 5.02 Å². The fraction of sp³-hybridized carbons (Fsp3) is 0.188. The molecule has 1 aromatic carbocycles. The third-order valence-electron chi connectivity index (χ3n) is 3.23. The van der Waals surface area contributed by atoms with Crippen LogP contribution in [-0.4, -0.2) is 22.0 Å². The van der Waals surface area contributed by atoms with Gasteiger partial charge in [0.25, 0.3) is 0 Å². The zero-order chi connectivity index (χ0) is 17.3. The molecule has 24 heavy (non-hydrogen) atoms. The number of amidine groups is 1. The average Bonchev–Trinajstić information content (AvgIpc) is 3.13. The van der Waals surface area contributed by atoms with Crippen molar-refractivity contribution in [1.29, 1.82) is 0 Å². The molecule has 2 amide bonds. The summed E-state index contributed by atoms with van der Waals surface area (Å²) >= 11 is 7.25. The van der Waals surface area contributed by atoms with Gasteiger partial charge in [-0.15, -0.1) is 5.10 Å². The quantitative estimate of drug-likeness (QED) is 0.884. The average molecular weight is 364 g/mol. The Morgan fingerprint density at radius 3 is 2.75 bits per heavy atom. The summed E-state index contributed by atoms with van der Waals surface area (Å²) in [7, 11) is 0. The smallest absolute Gasteiger partial charge is 0.241 e. The molecule has 6 nitrogen and oxygen atoms in total. The van der Waals surface area contributed by atoms with Crippen molar-refractivity contribution in [3.63, 3.8) is 0 Å². The zero-order valence-corrected chi connectivity index (χ0v) is 14.5. The molecule has 0 saturated carbocycles. The van der Waals surface area contributed by atoms with Crippen LogP contribution in [0.4, 0.5) is 0 Å². The Morgan fingerprint density at radius 2 is 2.08 bits per heavy atom. The van der Waals surface area contributed by atoms with Crippen molar-refractivity contribution in [1.82, 2.24) is 10.3 Å². The molecule has 2 aromatic rings. The molecule has 0 radical (unpaired) electrons. The minimum atomic E-state index is -0.461. The molecule has 0 fully saturated rings. The second kappa shape index (κ2) is 6.70. The number of furan rings is 1. The number of rotatable bonds is 2. The molecule has 0 spiro atoms. The molecule has 1 aliphatic heterocycles. The monoisotopic (exact) mass is 363 g/mol. The Balaban J connectivity index is 1.86. The summed E-state index contributed by atoms with van der Waals surface area (Å²) in [6, 6.07) is 10.9. The van der Waals surface area contributed by atoms with Gasteiger partial charge in [-0.25, -0.2) is 5.01 Å². The van der Waals surface area contributed by atoms with E-state index in [1.807, 2.05) is 18.2 Å². The SMILES string of the molecule is CC(=O)NC1=NN(C(C)=O)[C@H](c2ccc(-c3cccc(Cl)c3)o2)S1. The lowest BCUT2D eigenvalue weighted by molar-refractivity contribution is -0.129. The fourth-order valence-electron chi connectivity index (χ4n) is 2.23. The molecule has 2 heterocycles. The van der Waals surface area contributed by atoms with Crippen LogP contribution in [0.5, 0.6) is 0 Å². The maximum atomic E-state index is 11.8. The maximum Gasteiger partial charge on any atom is 0.241 e. The van der Waals surface area contributed by atoms with Gasteiger partial charge >= 0.3 is 0 Å². The van der Waals surface area contributed by atoms with E-state index in [0.29, 0.717) is 21.7 Å². The second-order valence-corrected chi connectivity index (χ2v) is 6.64. The predicted molar refractivity (Wildman–Crippen MR) is 93.3 cm³/mol. The minimum absolute atomic E-state index is 0.242. The largest absolute Gasteiger partial charge is 0.458 e. The number of carbonyl (C=O) groups is 2. The molecule has 8 heteroatoms. The number of nitrogens with one attached hydrogen (secondary N) is 1. The van der Waals surface area contributed by atoms with Gasteiger partial charge in [-0.2, -0.15) is 0 Å². The molecule has 0 saturated heterocycles. The number of hydrogen-bond acceptors (Lipinski definition) is 5. The van der Waals surface area contributed by atoms with Gasteiger partial charge in [-0.05, 0) is 24.3 Å². The molecule has 0 bridgehead atoms. The summed E-state index contributed by atoms with van der Waals surface area (Å²) in [4.78, 5) is 23.0. The number of carbonyl (C=O) groups excluding carboxylic acids is 2. The number of amides is 2. The summed E-state index contributed by atoms with van der Waals surface area (Å²) in [5.74, 6) is 0.719. The molecule has 1 aromatic heterocycles. The lowest BCUT2D eigenvalue weighted by Gasteiger charge is -2.16. The van der Waals surface area contributed by atoms with Crippen LogP contribution in [0.25, 0.3) is 11.3 Å². The summed E-state index contributed by atoms with van der Waals surface area (Å²) < 4.78 is 5.88. The first-order chi connectivity index (χ1) is 11.4. The lowest BCUT2D eigenvalue weighted by atomic mass is 10.2. The van der Waals surface area contributed by atoms with Crippen LogP contribution >= 0.6 is 23.4 Å². The van der Waals surface area contributed by atoms with Gasteiger partial charge in [-0.1, -0.05) is 35.5 Å². The van der Waals surface area contributed by atoms with E-state index in [1.165, 1.54) is 30.6 Å². The standard InChI is InChI=1S/C16H14ClN3O3S/c1-9(21)18-16-19-20(10(2)22)15(24-16)14-7-6-13(23-14)11-4-3-5-12(17)8-11/h3-8,15H,1-2H3,(H,18,19,21)/t15-/m0/s1. The molecule has 0 unspecified atom stereocenters. The van der Waals surface area contributed by atoms with Gasteiger partial charge in [0.1, 0.15) is 11.5 Å². The molecular weight excluding hydrogens is 350 g/mol. The lowest BCUT2D eigenvalue weighted by Crippen LogP contribution is -2.25. The first-order valence-corrected chi connectivity index (χ1v) is 8.38. The third-order valence-corrected chi connectivity index (χ3v) is 4.53. The molecule has 1 N–H and O–H groups in total. The number of halogens is 1. The number of hydrogen-bond donors (Lipinski definition) is 1. The van der Waals surface area contributed by atoms with Crippen molar-refractivity contribution < 1.29 is 14.0 Å². The van der Waals surface area contributed by atoms with Gasteiger partial charge in [0.2, 0.25) is 11.8 Å². The van der Waals surface area contributed by atoms with Gasteiger partial charge in [-0.3, -0.25) is 9.59 Å². The fourth-order valence-corrected chi connectivity index (χ4v) is 3.51. The van der Waals surface area contributed by atoms with Crippen LogP contribution in [0.1, 0.15) is 25.0 Å². The van der Waals surface area contributed by atoms with Crippen molar-refractivity contribution in [2.45, 2.75) is 19.2 Å². The van der Waals surface area contributed by atoms with Gasteiger partial charge < -0.3 is 9.73 Å². The predicted octanol–water partition coefficient (Wildman–Crippen LogP) is 3.60. The molecular formula is C16H14ClN3O3S. The van der Waals surface area contributed by atoms with Crippen LogP contribution in [0, 0.1) is 0 Å². The number of hydrazone groups is 1. The van der Waals surface area contributed by atoms with Gasteiger partial charge in [0, 0.05) is 24.4 Å². The Morgan fingerprint density at radius 1 is 1.29 bits per heavy atom. The highest BCUT2D eigenvalue weighted by molar-refractivity contribution is 8.14. The van der Waals surface area contributed by atoms with E-state index in [2.05, 4.69) is 10.4 Å². The Bertz CT molecular complexity index is 833. The van der Waals surface area contributed by atoms with E-state index >= 15 is 0 Å². The highest BCUT2D eigenvalue weighted by Crippen LogP contribution is 2.40. The Labute approximate surface area is 147 Å². The van der Waals surface area contributed by atoms with Gasteiger partial charge in [0.15, 0.2) is 10.5 Å². The highest BCUT2D eigenvalue weighted by Gasteiger charge is 2.34. The topological polar surface area (TPSA) is 74.9 Å². The number of benzene rings is 1. The van der Waals surface area contributed by atoms with Crippen molar-refractivity contribution >= 4 is 40.3 Å². The summed E-state index contributed by atoms with van der Waals surface area (Å²) in [6.07, 6.45) is 0. The van der Waals surface area contributed by atoms with Crippen molar-refractivity contribution in [2.75, 3.05) is 0 Å². The van der Waals surface area contributed by atoms with E-state index in [1.54, 1.807) is 18.2 Å². The van der Waals surface area contributed by atoms with Crippen LogP contribution < -0.4 is 5.32 Å². The molecule has 3 rings (SSSR count). The van der Waals surface area contributed by atoms with E-state index in [9.17, 15) is 9.59 Å². The second-order valence-electron chi connectivity index (χ2n) is 5.13. The first kappa shape index (κ1) is 16.6. The maximum absolute atomic E-state index is 11.8. The minimum Gasteiger partial charge on any atom is -0.458 e. The van der Waals surface area contributed by atoms with Crippen LogP contribution in [0.15, 0.2) is 45.9 Å². The summed E-state index contributed by atoms with van der Waals surface area (Å²) in [6.45, 7) is 2.80. The van der Waals surface area contributed by atoms with E-state index in [0.717, 1.165) is 5.56 Å². The van der Waals surface area contributed by atoms with Crippen molar-refractivity contribution in [2.24, 2.45) is 5.10 Å². The summed E-state index contributed by atoms with van der Waals surface area (Å²) in [5, 5.41) is 8.53. The number of thioether (sulfide) groups is 1.